The molecule has 5 heteroatoms. The Morgan fingerprint density at radius 2 is 2.08 bits per heavy atom. The van der Waals surface area contributed by atoms with Crippen LogP contribution >= 0.6 is 0 Å². The van der Waals surface area contributed by atoms with Crippen LogP contribution in [0, 0.1) is 0 Å². The highest BCUT2D eigenvalue weighted by Crippen LogP contribution is 2.16. The quantitative estimate of drug-likeness (QED) is 0.518. The van der Waals surface area contributed by atoms with Crippen LogP contribution in [0.25, 0.3) is 0 Å². The molecular weight excluding hydrogens is 175 g/mol. The topological polar surface area (TPSA) is 21.6 Å². The highest BCUT2D eigenvalue weighted by Gasteiger charge is 2.18. The number of hydrogen-bond acceptors (Lipinski definition) is 2. The van der Waals surface area contributed by atoms with E-state index in [1.807, 2.05) is 0 Å². The standard InChI is InChI=1S/C8H8BF2NO/c1-12-6-7-4-2-3-5-8(7)13-9(10)11/h2-6H,1H3. The van der Waals surface area contributed by atoms with Crippen molar-refractivity contribution < 1.29 is 13.3 Å². The van der Waals surface area contributed by atoms with Crippen LogP contribution in [0.2, 0.25) is 0 Å². The zero-order chi connectivity index (χ0) is 9.68. The van der Waals surface area contributed by atoms with Crippen LogP contribution in [0.3, 0.4) is 0 Å². The average Bonchev–Trinajstić information content (AvgIpc) is 2.08. The minimum absolute atomic E-state index is 0.142. The molecule has 0 spiro atoms. The molecule has 13 heavy (non-hydrogen) atoms. The molecule has 0 saturated heterocycles. The molecule has 0 radical (unpaired) electrons. The lowest BCUT2D eigenvalue weighted by molar-refractivity contribution is 0.425. The molecule has 0 fully saturated rings. The summed E-state index contributed by atoms with van der Waals surface area (Å²) >= 11 is 0. The van der Waals surface area contributed by atoms with E-state index < -0.39 is 7.47 Å². The Balaban J connectivity index is 2.90. The van der Waals surface area contributed by atoms with Crippen molar-refractivity contribution >= 4 is 13.7 Å². The van der Waals surface area contributed by atoms with E-state index >= 15 is 0 Å². The minimum Gasteiger partial charge on any atom is -0.505 e. The number of aliphatic imine (C=N–C) groups is 1. The lowest BCUT2D eigenvalue weighted by atomic mass is 10.2. The van der Waals surface area contributed by atoms with Crippen molar-refractivity contribution in [3.63, 3.8) is 0 Å². The third-order valence-corrected chi connectivity index (χ3v) is 1.40. The third-order valence-electron chi connectivity index (χ3n) is 1.40. The van der Waals surface area contributed by atoms with E-state index in [0.717, 1.165) is 0 Å². The number of hydrogen-bond donors (Lipinski definition) is 0. The van der Waals surface area contributed by atoms with Gasteiger partial charge < -0.3 is 4.65 Å². The van der Waals surface area contributed by atoms with Crippen molar-refractivity contribution in [3.8, 4) is 5.75 Å². The predicted molar refractivity (Wildman–Crippen MR) is 48.6 cm³/mol. The lowest BCUT2D eigenvalue weighted by Gasteiger charge is -2.04. The van der Waals surface area contributed by atoms with Gasteiger partial charge in [-0.2, -0.15) is 0 Å². The van der Waals surface area contributed by atoms with Crippen molar-refractivity contribution in [2.45, 2.75) is 0 Å². The molecule has 0 bridgehead atoms. The van der Waals surface area contributed by atoms with Gasteiger partial charge in [0.05, 0.1) is 0 Å². The second kappa shape index (κ2) is 4.59. The highest BCUT2D eigenvalue weighted by molar-refractivity contribution is 6.35. The maximum absolute atomic E-state index is 11.9. The Morgan fingerprint density at radius 1 is 1.38 bits per heavy atom. The molecule has 0 atom stereocenters. The first-order chi connectivity index (χ1) is 6.24. The molecule has 0 aliphatic rings. The van der Waals surface area contributed by atoms with E-state index in [2.05, 4.69) is 9.65 Å². The fourth-order valence-corrected chi connectivity index (χ4v) is 0.930. The van der Waals surface area contributed by atoms with Gasteiger partial charge in [0.25, 0.3) is 0 Å². The summed E-state index contributed by atoms with van der Waals surface area (Å²) in [6.07, 6.45) is 1.47. The van der Waals surface area contributed by atoms with E-state index in [0.29, 0.717) is 5.56 Å². The first kappa shape index (κ1) is 9.70. The Labute approximate surface area is 75.5 Å². The van der Waals surface area contributed by atoms with Crippen molar-refractivity contribution in [2.75, 3.05) is 7.05 Å². The normalized spacial score (nSPS) is 10.4. The lowest BCUT2D eigenvalue weighted by Crippen LogP contribution is -2.09. The first-order valence-electron chi connectivity index (χ1n) is 3.70. The van der Waals surface area contributed by atoms with Crippen LogP contribution in [-0.2, 0) is 0 Å². The maximum Gasteiger partial charge on any atom is 0.796 e. The van der Waals surface area contributed by atoms with Crippen molar-refractivity contribution in [3.05, 3.63) is 29.8 Å². The monoisotopic (exact) mass is 183 g/mol. The van der Waals surface area contributed by atoms with Gasteiger partial charge in [0.1, 0.15) is 5.75 Å². The molecule has 1 aromatic carbocycles. The number of benzene rings is 1. The summed E-state index contributed by atoms with van der Waals surface area (Å²) in [6.45, 7) is 0. The van der Waals surface area contributed by atoms with E-state index in [4.69, 9.17) is 0 Å². The second-order valence-corrected chi connectivity index (χ2v) is 2.30. The van der Waals surface area contributed by atoms with Crippen LogP contribution in [0.15, 0.2) is 29.3 Å². The van der Waals surface area contributed by atoms with Crippen molar-refractivity contribution in [2.24, 2.45) is 4.99 Å². The number of rotatable bonds is 3. The molecule has 0 N–H and O–H groups in total. The summed E-state index contributed by atoms with van der Waals surface area (Å²) in [7, 11) is -1.23. The van der Waals surface area contributed by atoms with Gasteiger partial charge in [0.15, 0.2) is 0 Å². The van der Waals surface area contributed by atoms with E-state index in [1.54, 1.807) is 25.2 Å². The summed E-state index contributed by atoms with van der Waals surface area (Å²) < 4.78 is 28.0. The average molecular weight is 183 g/mol. The van der Waals surface area contributed by atoms with Gasteiger partial charge in [-0.15, -0.1) is 0 Å². The molecule has 0 unspecified atom stereocenters. The zero-order valence-electron chi connectivity index (χ0n) is 7.08. The maximum atomic E-state index is 11.9. The molecule has 0 saturated carbocycles. The van der Waals surface area contributed by atoms with Crippen LogP contribution in [0.4, 0.5) is 8.63 Å². The molecule has 0 aliphatic carbocycles. The second-order valence-electron chi connectivity index (χ2n) is 2.30. The van der Waals surface area contributed by atoms with Crippen LogP contribution in [-0.4, -0.2) is 20.7 Å². The molecule has 1 rings (SSSR count). The Bertz CT molecular complexity index is 304. The van der Waals surface area contributed by atoms with E-state index in [-0.39, 0.29) is 5.75 Å². The molecule has 0 heterocycles. The summed E-state index contributed by atoms with van der Waals surface area (Å²) in [5.41, 5.74) is 0.547. The third kappa shape index (κ3) is 2.85. The number of nitrogens with zero attached hydrogens (tertiary/aromatic N) is 1. The smallest absolute Gasteiger partial charge is 0.505 e. The molecule has 68 valence electrons. The summed E-state index contributed by atoms with van der Waals surface area (Å²) in [6, 6.07) is 6.49. The van der Waals surface area contributed by atoms with Gasteiger partial charge in [0.2, 0.25) is 0 Å². The van der Waals surface area contributed by atoms with Crippen molar-refractivity contribution in [1.82, 2.24) is 0 Å². The Morgan fingerprint density at radius 3 is 2.69 bits per heavy atom. The fraction of sp³-hybridized carbons (Fsp3) is 0.125. The zero-order valence-corrected chi connectivity index (χ0v) is 7.08. The molecule has 0 aliphatic heterocycles. The van der Waals surface area contributed by atoms with Gasteiger partial charge in [-0.05, 0) is 12.1 Å². The highest BCUT2D eigenvalue weighted by atomic mass is 19.2. The SMILES string of the molecule is CN=Cc1ccccc1OB(F)F. The summed E-state index contributed by atoms with van der Waals surface area (Å²) in [4.78, 5) is 3.72. The number of halogens is 2. The number of para-hydroxylation sites is 1. The summed E-state index contributed by atoms with van der Waals surface area (Å²) in [5, 5.41) is 0. The largest absolute Gasteiger partial charge is 0.796 e. The summed E-state index contributed by atoms with van der Waals surface area (Å²) in [5.74, 6) is 0.142. The van der Waals surface area contributed by atoms with Gasteiger partial charge >= 0.3 is 7.47 Å². The van der Waals surface area contributed by atoms with Crippen LogP contribution in [0.1, 0.15) is 5.56 Å². The van der Waals surface area contributed by atoms with Crippen LogP contribution in [0.5, 0.6) is 5.75 Å². The molecule has 0 aromatic heterocycles. The Kier molecular flexibility index (Phi) is 3.43. The Hall–Kier alpha value is -1.39. The van der Waals surface area contributed by atoms with Gasteiger partial charge in [0, 0.05) is 18.8 Å². The minimum atomic E-state index is -2.80. The predicted octanol–water partition coefficient (Wildman–Crippen LogP) is 2.04. The fourth-order valence-electron chi connectivity index (χ4n) is 0.930. The molecular formula is C8H8BF2NO. The van der Waals surface area contributed by atoms with Gasteiger partial charge in [-0.1, -0.05) is 12.1 Å². The molecule has 1 aromatic rings. The van der Waals surface area contributed by atoms with Crippen LogP contribution < -0.4 is 4.65 Å². The first-order valence-corrected chi connectivity index (χ1v) is 3.70. The molecule has 2 nitrogen and oxygen atoms in total. The van der Waals surface area contributed by atoms with Crippen molar-refractivity contribution in [1.29, 1.82) is 0 Å². The van der Waals surface area contributed by atoms with E-state index in [1.165, 1.54) is 12.3 Å². The van der Waals surface area contributed by atoms with Gasteiger partial charge in [-0.3, -0.25) is 4.99 Å². The molecule has 0 amide bonds. The van der Waals surface area contributed by atoms with Gasteiger partial charge in [-0.25, -0.2) is 8.63 Å². The van der Waals surface area contributed by atoms with E-state index in [9.17, 15) is 8.63 Å².